The molecule has 0 spiro atoms. The minimum absolute atomic E-state index is 0.00609. The predicted octanol–water partition coefficient (Wildman–Crippen LogP) is 2.26. The van der Waals surface area contributed by atoms with E-state index in [1.54, 1.807) is 0 Å². The fourth-order valence-corrected chi connectivity index (χ4v) is 2.95. The first-order chi connectivity index (χ1) is 13.2. The van der Waals surface area contributed by atoms with Crippen molar-refractivity contribution in [2.24, 2.45) is 10.4 Å². The van der Waals surface area contributed by atoms with Gasteiger partial charge >= 0.3 is 0 Å². The zero-order valence-corrected chi connectivity index (χ0v) is 17.1. The molecule has 0 radical (unpaired) electrons. The molecule has 3 N–H and O–H groups in total. The van der Waals surface area contributed by atoms with Crippen LogP contribution in [0.3, 0.4) is 0 Å². The van der Waals surface area contributed by atoms with E-state index in [-0.39, 0.29) is 11.9 Å². The number of hydrogen-bond acceptors (Lipinski definition) is 3. The van der Waals surface area contributed by atoms with Gasteiger partial charge in [-0.05, 0) is 25.5 Å². The van der Waals surface area contributed by atoms with E-state index < -0.39 is 17.0 Å². The molecule has 6 nitrogen and oxygen atoms in total. The van der Waals surface area contributed by atoms with Gasteiger partial charge in [0.15, 0.2) is 5.96 Å². The lowest BCUT2D eigenvalue weighted by molar-refractivity contribution is -0.128. The standard InChI is InChI=1S/C20H31F2N5O/c1-5-23-19(25-10-9-24-18(28)20(2,3)4)26-15-8-11-27(13-15)17-7-6-14(21)12-16(17)22/h6-7,12,15H,5,8-11,13H2,1-4H3,(H,24,28)(H2,23,25,26). The van der Waals surface area contributed by atoms with Crippen LogP contribution in [0.1, 0.15) is 34.1 Å². The average molecular weight is 395 g/mol. The van der Waals surface area contributed by atoms with Crippen molar-refractivity contribution in [3.63, 3.8) is 0 Å². The topological polar surface area (TPSA) is 68.8 Å². The summed E-state index contributed by atoms with van der Waals surface area (Å²) in [5.74, 6) is -0.460. The first-order valence-electron chi connectivity index (χ1n) is 9.74. The highest BCUT2D eigenvalue weighted by molar-refractivity contribution is 5.81. The molecule has 1 heterocycles. The molecule has 8 heteroatoms. The van der Waals surface area contributed by atoms with E-state index >= 15 is 0 Å². The molecule has 1 fully saturated rings. The number of aliphatic imine (C=N–C) groups is 1. The lowest BCUT2D eigenvalue weighted by atomic mass is 9.96. The number of anilines is 1. The number of nitrogens with one attached hydrogen (secondary N) is 3. The first-order valence-corrected chi connectivity index (χ1v) is 9.74. The number of halogens is 2. The van der Waals surface area contributed by atoms with E-state index in [1.807, 2.05) is 32.6 Å². The Balaban J connectivity index is 1.87. The molecular weight excluding hydrogens is 364 g/mol. The van der Waals surface area contributed by atoms with Gasteiger partial charge in [-0.2, -0.15) is 0 Å². The van der Waals surface area contributed by atoms with Crippen molar-refractivity contribution in [1.82, 2.24) is 16.0 Å². The average Bonchev–Trinajstić information content (AvgIpc) is 3.05. The van der Waals surface area contributed by atoms with Gasteiger partial charge in [0.1, 0.15) is 11.6 Å². The molecular formula is C20H31F2N5O. The summed E-state index contributed by atoms with van der Waals surface area (Å²) in [4.78, 5) is 18.3. The van der Waals surface area contributed by atoms with Crippen LogP contribution in [0.2, 0.25) is 0 Å². The maximum Gasteiger partial charge on any atom is 0.225 e. The van der Waals surface area contributed by atoms with E-state index in [1.165, 1.54) is 12.1 Å². The summed E-state index contributed by atoms with van der Waals surface area (Å²) in [6, 6.07) is 3.76. The summed E-state index contributed by atoms with van der Waals surface area (Å²) in [6.45, 7) is 10.5. The molecule has 0 aromatic heterocycles. The molecule has 0 bridgehead atoms. The third-order valence-electron chi connectivity index (χ3n) is 4.47. The minimum Gasteiger partial charge on any atom is -0.367 e. The zero-order chi connectivity index (χ0) is 20.7. The largest absolute Gasteiger partial charge is 0.367 e. The molecule has 1 aromatic rings. The van der Waals surface area contributed by atoms with Crippen LogP contribution >= 0.6 is 0 Å². The summed E-state index contributed by atoms with van der Waals surface area (Å²) in [5.41, 5.74) is -0.00685. The molecule has 1 aromatic carbocycles. The van der Waals surface area contributed by atoms with Gasteiger partial charge in [-0.25, -0.2) is 8.78 Å². The van der Waals surface area contributed by atoms with Crippen molar-refractivity contribution in [2.75, 3.05) is 37.6 Å². The lowest BCUT2D eigenvalue weighted by Gasteiger charge is -2.21. The van der Waals surface area contributed by atoms with Gasteiger partial charge in [0.05, 0.1) is 12.2 Å². The van der Waals surface area contributed by atoms with E-state index in [9.17, 15) is 13.6 Å². The van der Waals surface area contributed by atoms with Crippen LogP contribution in [0.5, 0.6) is 0 Å². The van der Waals surface area contributed by atoms with Crippen LogP contribution in [0.15, 0.2) is 23.2 Å². The second-order valence-corrected chi connectivity index (χ2v) is 7.94. The minimum atomic E-state index is -0.574. The fraction of sp³-hybridized carbons (Fsp3) is 0.600. The highest BCUT2D eigenvalue weighted by atomic mass is 19.1. The number of benzene rings is 1. The van der Waals surface area contributed by atoms with E-state index in [4.69, 9.17) is 0 Å². The first kappa shape index (κ1) is 21.9. The summed E-state index contributed by atoms with van der Waals surface area (Å²) >= 11 is 0. The number of rotatable bonds is 6. The van der Waals surface area contributed by atoms with Crippen LogP contribution in [-0.4, -0.2) is 50.6 Å². The highest BCUT2D eigenvalue weighted by Gasteiger charge is 2.25. The smallest absolute Gasteiger partial charge is 0.225 e. The Morgan fingerprint density at radius 1 is 1.29 bits per heavy atom. The normalized spacial score (nSPS) is 17.6. The van der Waals surface area contributed by atoms with Crippen molar-refractivity contribution in [1.29, 1.82) is 0 Å². The van der Waals surface area contributed by atoms with E-state index in [2.05, 4.69) is 20.9 Å². The summed E-state index contributed by atoms with van der Waals surface area (Å²) in [5, 5.41) is 9.41. The lowest BCUT2D eigenvalue weighted by Crippen LogP contribution is -2.45. The maximum atomic E-state index is 14.0. The van der Waals surface area contributed by atoms with Gasteiger partial charge in [0.25, 0.3) is 0 Å². The van der Waals surface area contributed by atoms with Crippen molar-refractivity contribution >= 4 is 17.6 Å². The third kappa shape index (κ3) is 6.35. The van der Waals surface area contributed by atoms with Gasteiger partial charge in [-0.1, -0.05) is 20.8 Å². The number of hydrogen-bond donors (Lipinski definition) is 3. The number of nitrogens with zero attached hydrogens (tertiary/aromatic N) is 2. The number of carbonyl (C=O) groups is 1. The van der Waals surface area contributed by atoms with Gasteiger partial charge in [-0.3, -0.25) is 9.79 Å². The molecule has 1 aliphatic rings. The SMILES string of the molecule is CCNC(=NCCNC(=O)C(C)(C)C)NC1CCN(c2ccc(F)cc2F)C1. The Bertz CT molecular complexity index is 702. The van der Waals surface area contributed by atoms with Crippen LogP contribution in [0, 0.1) is 17.0 Å². The van der Waals surface area contributed by atoms with E-state index in [0.29, 0.717) is 44.4 Å². The molecule has 0 aliphatic carbocycles. The van der Waals surface area contributed by atoms with Gasteiger partial charge < -0.3 is 20.9 Å². The number of carbonyl (C=O) groups excluding carboxylic acids is 1. The number of amides is 1. The Labute approximate surface area is 165 Å². The molecule has 1 atom stereocenters. The van der Waals surface area contributed by atoms with Gasteiger partial charge in [0.2, 0.25) is 5.91 Å². The Hall–Kier alpha value is -2.38. The summed E-state index contributed by atoms with van der Waals surface area (Å²) in [6.07, 6.45) is 0.821. The monoisotopic (exact) mass is 395 g/mol. The van der Waals surface area contributed by atoms with Crippen molar-refractivity contribution in [3.8, 4) is 0 Å². The summed E-state index contributed by atoms with van der Waals surface area (Å²) < 4.78 is 27.1. The highest BCUT2D eigenvalue weighted by Crippen LogP contribution is 2.24. The maximum absolute atomic E-state index is 14.0. The van der Waals surface area contributed by atoms with Crippen LogP contribution in [-0.2, 0) is 4.79 Å². The Morgan fingerprint density at radius 3 is 2.68 bits per heavy atom. The molecule has 1 amide bonds. The van der Waals surface area contributed by atoms with Crippen LogP contribution < -0.4 is 20.9 Å². The van der Waals surface area contributed by atoms with Crippen molar-refractivity contribution in [3.05, 3.63) is 29.8 Å². The molecule has 156 valence electrons. The molecule has 1 saturated heterocycles. The third-order valence-corrected chi connectivity index (χ3v) is 4.47. The molecule has 2 rings (SSSR count). The van der Waals surface area contributed by atoms with Crippen LogP contribution in [0.4, 0.5) is 14.5 Å². The fourth-order valence-electron chi connectivity index (χ4n) is 2.95. The van der Waals surface area contributed by atoms with Crippen molar-refractivity contribution in [2.45, 2.75) is 40.2 Å². The molecule has 0 saturated carbocycles. The molecule has 28 heavy (non-hydrogen) atoms. The molecule has 1 unspecified atom stereocenters. The zero-order valence-electron chi connectivity index (χ0n) is 17.1. The predicted molar refractivity (Wildman–Crippen MR) is 109 cm³/mol. The molecule has 1 aliphatic heterocycles. The van der Waals surface area contributed by atoms with Crippen LogP contribution in [0.25, 0.3) is 0 Å². The Morgan fingerprint density at radius 2 is 2.04 bits per heavy atom. The van der Waals surface area contributed by atoms with Crippen molar-refractivity contribution < 1.29 is 13.6 Å². The number of guanidine groups is 1. The second kappa shape index (κ2) is 9.71. The summed E-state index contributed by atoms with van der Waals surface area (Å²) in [7, 11) is 0. The van der Waals surface area contributed by atoms with Gasteiger partial charge in [0, 0.05) is 43.7 Å². The quantitative estimate of drug-likeness (QED) is 0.393. The Kier molecular flexibility index (Phi) is 7.60. The van der Waals surface area contributed by atoms with Gasteiger partial charge in [-0.15, -0.1) is 0 Å². The van der Waals surface area contributed by atoms with E-state index in [0.717, 1.165) is 12.5 Å². The second-order valence-electron chi connectivity index (χ2n) is 7.94.